The molecule has 0 radical (unpaired) electrons. The van der Waals surface area contributed by atoms with Crippen LogP contribution in [0.5, 0.6) is 0 Å². The van der Waals surface area contributed by atoms with E-state index in [2.05, 4.69) is 9.32 Å². The molecule has 0 amide bonds. The van der Waals surface area contributed by atoms with Gasteiger partial charge in [0.15, 0.2) is 6.29 Å². The minimum absolute atomic E-state index is 0.737. The van der Waals surface area contributed by atoms with E-state index in [4.69, 9.17) is 10.2 Å². The van der Waals surface area contributed by atoms with Crippen LogP contribution in [0, 0.1) is 0 Å². The molecule has 56 valence electrons. The highest BCUT2D eigenvalue weighted by Gasteiger charge is 2.04. The average Bonchev–Trinajstić information content (AvgIpc) is 1.59. The van der Waals surface area contributed by atoms with Gasteiger partial charge in [-0.25, -0.2) is 5.14 Å². The summed E-state index contributed by atoms with van der Waals surface area (Å²) in [5, 5.41) is 20.4. The molecular weight excluding hydrogens is 150 g/mol. The number of aliphatic hydroxyl groups is 2. The summed E-state index contributed by atoms with van der Waals surface area (Å²) in [5.41, 5.74) is 0. The summed E-state index contributed by atoms with van der Waals surface area (Å²) >= 11 is 0. The lowest BCUT2D eigenvalue weighted by Gasteiger charge is -2.00. The summed E-state index contributed by atoms with van der Waals surface area (Å²) in [7, 11) is -4.04. The molecule has 0 fully saturated rings. The van der Waals surface area contributed by atoms with Crippen molar-refractivity contribution in [3.63, 3.8) is 0 Å². The average molecular weight is 157 g/mol. The Kier molecular flexibility index (Phi) is 3.01. The fourth-order valence-electron chi connectivity index (χ4n) is 0.156. The molecule has 0 aliphatic heterocycles. The Morgan fingerprint density at radius 2 is 2.00 bits per heavy atom. The summed E-state index contributed by atoms with van der Waals surface area (Å²) in [6.07, 6.45) is -1.82. The van der Waals surface area contributed by atoms with Crippen molar-refractivity contribution in [1.82, 2.24) is 0 Å². The van der Waals surface area contributed by atoms with Crippen LogP contribution in [0.25, 0.3) is 0 Å². The highest BCUT2D eigenvalue weighted by molar-refractivity contribution is 7.84. The predicted octanol–water partition coefficient (Wildman–Crippen LogP) is -2.48. The second-order valence-electron chi connectivity index (χ2n) is 1.26. The van der Waals surface area contributed by atoms with Gasteiger partial charge in [-0.15, -0.1) is 0 Å². The van der Waals surface area contributed by atoms with Crippen LogP contribution in [0.1, 0.15) is 0 Å². The van der Waals surface area contributed by atoms with Gasteiger partial charge >= 0.3 is 10.3 Å². The number of aliphatic hydroxyl groups excluding tert-OH is 1. The summed E-state index contributed by atoms with van der Waals surface area (Å²) in [6.45, 7) is -0.737. The van der Waals surface area contributed by atoms with Gasteiger partial charge < -0.3 is 10.2 Å². The Labute approximate surface area is 52.1 Å². The summed E-state index contributed by atoms with van der Waals surface area (Å²) in [6, 6.07) is 0. The van der Waals surface area contributed by atoms with Crippen LogP contribution >= 0.6 is 0 Å². The van der Waals surface area contributed by atoms with Crippen molar-refractivity contribution in [3.8, 4) is 0 Å². The largest absolute Gasteiger partial charge is 0.366 e. The third-order valence-corrected chi connectivity index (χ3v) is 0.846. The fraction of sp³-hybridized carbons (Fsp3) is 1.00. The monoisotopic (exact) mass is 157 g/mol. The molecule has 0 heterocycles. The van der Waals surface area contributed by atoms with Crippen molar-refractivity contribution < 1.29 is 22.8 Å². The molecule has 0 spiro atoms. The van der Waals surface area contributed by atoms with Crippen LogP contribution in [0.2, 0.25) is 0 Å². The van der Waals surface area contributed by atoms with Crippen molar-refractivity contribution >= 4 is 10.3 Å². The van der Waals surface area contributed by atoms with Crippen LogP contribution in [0.4, 0.5) is 0 Å². The zero-order valence-corrected chi connectivity index (χ0v) is 5.21. The minimum Gasteiger partial charge on any atom is -0.366 e. The molecule has 7 heteroatoms. The maximum atomic E-state index is 9.87. The minimum atomic E-state index is -4.04. The zero-order valence-electron chi connectivity index (χ0n) is 4.39. The van der Waals surface area contributed by atoms with E-state index in [0.29, 0.717) is 0 Å². The topological polar surface area (TPSA) is 110 Å². The molecule has 0 atom stereocenters. The normalized spacial score (nSPS) is 12.4. The molecule has 4 N–H and O–H groups in total. The first-order chi connectivity index (χ1) is 3.92. The first-order valence-electron chi connectivity index (χ1n) is 1.95. The van der Waals surface area contributed by atoms with Crippen molar-refractivity contribution in [2.24, 2.45) is 5.14 Å². The second-order valence-corrected chi connectivity index (χ2v) is 2.48. The van der Waals surface area contributed by atoms with Gasteiger partial charge in [-0.3, -0.25) is 4.18 Å². The van der Waals surface area contributed by atoms with E-state index >= 15 is 0 Å². The van der Waals surface area contributed by atoms with Gasteiger partial charge in [0.1, 0.15) is 6.61 Å². The van der Waals surface area contributed by atoms with Gasteiger partial charge in [0.2, 0.25) is 0 Å². The standard InChI is InChI=1S/C2H7NO5S/c3-9(6,7)8-1-2(4)5/h2,4-5H,1H2,(H2,3,6,7). The van der Waals surface area contributed by atoms with Crippen LogP contribution in [-0.4, -0.2) is 31.5 Å². The third-order valence-electron chi connectivity index (χ3n) is 0.381. The number of nitrogens with two attached hydrogens (primary N) is 1. The number of hydrogen-bond donors (Lipinski definition) is 3. The zero-order chi connectivity index (χ0) is 7.49. The van der Waals surface area contributed by atoms with Gasteiger partial charge in [0.25, 0.3) is 0 Å². The predicted molar refractivity (Wildman–Crippen MR) is 27.3 cm³/mol. The molecule has 0 saturated carbocycles. The summed E-state index contributed by atoms with van der Waals surface area (Å²) in [4.78, 5) is 0. The van der Waals surface area contributed by atoms with E-state index < -0.39 is 23.2 Å². The van der Waals surface area contributed by atoms with Gasteiger partial charge in [0.05, 0.1) is 0 Å². The molecule has 0 rings (SSSR count). The lowest BCUT2D eigenvalue weighted by atomic mass is 10.7. The molecule has 0 unspecified atom stereocenters. The summed E-state index contributed by atoms with van der Waals surface area (Å²) < 4.78 is 23.5. The molecule has 0 aromatic carbocycles. The van der Waals surface area contributed by atoms with E-state index in [0.717, 1.165) is 0 Å². The molecule has 0 bridgehead atoms. The van der Waals surface area contributed by atoms with Crippen molar-refractivity contribution in [1.29, 1.82) is 0 Å². The molecule has 0 aromatic rings. The smallest absolute Gasteiger partial charge is 0.333 e. The lowest BCUT2D eigenvalue weighted by Crippen LogP contribution is -2.22. The van der Waals surface area contributed by atoms with Crippen molar-refractivity contribution in [3.05, 3.63) is 0 Å². The lowest BCUT2D eigenvalue weighted by molar-refractivity contribution is -0.0668. The highest BCUT2D eigenvalue weighted by atomic mass is 32.2. The molecule has 0 aliphatic carbocycles. The molecule has 6 nitrogen and oxygen atoms in total. The third kappa shape index (κ3) is 7.79. The van der Waals surface area contributed by atoms with E-state index in [1.54, 1.807) is 0 Å². The highest BCUT2D eigenvalue weighted by Crippen LogP contribution is 1.83. The van der Waals surface area contributed by atoms with Crippen LogP contribution in [0.3, 0.4) is 0 Å². The van der Waals surface area contributed by atoms with E-state index in [-0.39, 0.29) is 0 Å². The summed E-state index contributed by atoms with van der Waals surface area (Å²) in [5.74, 6) is 0. The first kappa shape index (κ1) is 8.79. The van der Waals surface area contributed by atoms with Crippen LogP contribution < -0.4 is 5.14 Å². The second kappa shape index (κ2) is 3.08. The number of hydrogen-bond acceptors (Lipinski definition) is 5. The molecule has 0 aromatic heterocycles. The van der Waals surface area contributed by atoms with Crippen molar-refractivity contribution in [2.45, 2.75) is 6.29 Å². The maximum absolute atomic E-state index is 9.87. The van der Waals surface area contributed by atoms with Gasteiger partial charge in [-0.2, -0.15) is 8.42 Å². The van der Waals surface area contributed by atoms with E-state index in [9.17, 15) is 8.42 Å². The van der Waals surface area contributed by atoms with Crippen molar-refractivity contribution in [2.75, 3.05) is 6.61 Å². The van der Waals surface area contributed by atoms with Gasteiger partial charge in [-0.05, 0) is 0 Å². The van der Waals surface area contributed by atoms with Crippen LogP contribution in [0.15, 0.2) is 0 Å². The molecular formula is C2H7NO5S. The quantitative estimate of drug-likeness (QED) is 0.393. The Morgan fingerprint density at radius 1 is 1.56 bits per heavy atom. The Morgan fingerprint density at radius 3 is 2.11 bits per heavy atom. The van der Waals surface area contributed by atoms with Gasteiger partial charge in [-0.1, -0.05) is 0 Å². The SMILES string of the molecule is NS(=O)(=O)OCC(O)O. The van der Waals surface area contributed by atoms with E-state index in [1.807, 2.05) is 0 Å². The Bertz CT molecular complexity index is 160. The molecule has 9 heavy (non-hydrogen) atoms. The molecule has 0 saturated heterocycles. The van der Waals surface area contributed by atoms with Crippen LogP contribution in [-0.2, 0) is 14.5 Å². The Hall–Kier alpha value is -0.210. The fourth-order valence-corrected chi connectivity index (χ4v) is 0.467. The van der Waals surface area contributed by atoms with E-state index in [1.165, 1.54) is 0 Å². The van der Waals surface area contributed by atoms with Gasteiger partial charge in [0, 0.05) is 0 Å². The Balaban J connectivity index is 3.53. The molecule has 0 aliphatic rings. The number of rotatable bonds is 3. The first-order valence-corrected chi connectivity index (χ1v) is 3.42. The maximum Gasteiger partial charge on any atom is 0.333 e.